The van der Waals surface area contributed by atoms with Crippen LogP contribution in [-0.2, 0) is 18.8 Å². The number of nitrogens with zero attached hydrogens (tertiary/aromatic N) is 6. The summed E-state index contributed by atoms with van der Waals surface area (Å²) in [7, 11) is 1.69. The van der Waals surface area contributed by atoms with Crippen LogP contribution >= 0.6 is 0 Å². The molecule has 3 aromatic rings. The lowest BCUT2D eigenvalue weighted by Gasteiger charge is -2.29. The standard InChI is InChI=1S/C21H26FN7O2/c1-21(2,22)16-11-17-27(3)20(31)15(9-10-29(17)25-16)24-19(30)18-23-13-28(26-18)12-14-7-5-4-6-8-14/h4-8,11,13,15,20,31H,9-10,12H2,1-3H3,(H,24,30). The summed E-state index contributed by atoms with van der Waals surface area (Å²) in [6, 6.07) is 10.8. The van der Waals surface area contributed by atoms with E-state index in [1.165, 1.54) is 20.2 Å². The minimum Gasteiger partial charge on any atom is -0.371 e. The lowest BCUT2D eigenvalue weighted by molar-refractivity contribution is 0.0818. The van der Waals surface area contributed by atoms with Crippen molar-refractivity contribution >= 4 is 11.7 Å². The summed E-state index contributed by atoms with van der Waals surface area (Å²) in [5, 5.41) is 22.2. The molecule has 4 rings (SSSR count). The van der Waals surface area contributed by atoms with Crippen LogP contribution in [0.1, 0.15) is 42.1 Å². The fraction of sp³-hybridized carbons (Fsp3) is 0.429. The van der Waals surface area contributed by atoms with Gasteiger partial charge in [0.05, 0.1) is 12.6 Å². The molecule has 10 heteroatoms. The third-order valence-electron chi connectivity index (χ3n) is 5.38. The van der Waals surface area contributed by atoms with E-state index in [-0.39, 0.29) is 5.82 Å². The molecule has 2 unspecified atom stereocenters. The Kier molecular flexibility index (Phi) is 5.48. The second-order valence-corrected chi connectivity index (χ2v) is 8.23. The molecule has 0 spiro atoms. The first kappa shape index (κ1) is 21.0. The van der Waals surface area contributed by atoms with Gasteiger partial charge in [-0.15, -0.1) is 5.10 Å². The molecule has 0 aliphatic carbocycles. The number of carbonyl (C=O) groups is 1. The van der Waals surface area contributed by atoms with Gasteiger partial charge in [0.2, 0.25) is 5.82 Å². The number of rotatable bonds is 5. The first-order chi connectivity index (χ1) is 14.7. The predicted molar refractivity (Wildman–Crippen MR) is 112 cm³/mol. The number of anilines is 1. The third kappa shape index (κ3) is 4.43. The lowest BCUT2D eigenvalue weighted by atomic mass is 10.1. The third-order valence-corrected chi connectivity index (χ3v) is 5.38. The molecule has 2 aromatic heterocycles. The topological polar surface area (TPSA) is 101 Å². The van der Waals surface area contributed by atoms with Crippen LogP contribution in [0.25, 0.3) is 0 Å². The number of aryl methyl sites for hydroxylation is 1. The Morgan fingerprint density at radius 1 is 1.29 bits per heavy atom. The summed E-state index contributed by atoms with van der Waals surface area (Å²) in [4.78, 5) is 18.4. The quantitative estimate of drug-likeness (QED) is 0.643. The number of aliphatic hydroxyl groups is 1. The molecule has 0 fully saturated rings. The number of fused-ring (bicyclic) bond motifs is 1. The van der Waals surface area contributed by atoms with Crippen LogP contribution in [0.3, 0.4) is 0 Å². The Balaban J connectivity index is 1.44. The lowest BCUT2D eigenvalue weighted by Crippen LogP contribution is -2.50. The van der Waals surface area contributed by atoms with E-state index in [0.29, 0.717) is 31.0 Å². The van der Waals surface area contributed by atoms with Crippen LogP contribution in [0.5, 0.6) is 0 Å². The zero-order valence-electron chi connectivity index (χ0n) is 17.7. The highest BCUT2D eigenvalue weighted by atomic mass is 19.1. The van der Waals surface area contributed by atoms with Gasteiger partial charge < -0.3 is 15.3 Å². The van der Waals surface area contributed by atoms with Crippen LogP contribution in [0, 0.1) is 0 Å². The molecule has 0 saturated heterocycles. The maximum atomic E-state index is 14.3. The van der Waals surface area contributed by atoms with Gasteiger partial charge in [-0.3, -0.25) is 4.79 Å². The zero-order valence-corrected chi connectivity index (χ0v) is 17.7. The normalized spacial score (nSPS) is 19.1. The first-order valence-electron chi connectivity index (χ1n) is 10.1. The number of aliphatic hydroxyl groups excluding tert-OH is 1. The van der Waals surface area contributed by atoms with Crippen molar-refractivity contribution in [1.82, 2.24) is 29.9 Å². The molecule has 1 amide bonds. The van der Waals surface area contributed by atoms with Crippen LogP contribution in [0.4, 0.5) is 10.2 Å². The molecule has 31 heavy (non-hydrogen) atoms. The minimum atomic E-state index is -1.58. The molecule has 0 saturated carbocycles. The molecule has 0 bridgehead atoms. The highest BCUT2D eigenvalue weighted by Gasteiger charge is 2.33. The Labute approximate surface area is 179 Å². The smallest absolute Gasteiger partial charge is 0.291 e. The van der Waals surface area contributed by atoms with Crippen molar-refractivity contribution in [2.45, 2.75) is 51.3 Å². The Hall–Kier alpha value is -3.27. The molecular weight excluding hydrogens is 401 g/mol. The fourth-order valence-corrected chi connectivity index (χ4v) is 3.59. The molecule has 1 aliphatic heterocycles. The van der Waals surface area contributed by atoms with Crippen molar-refractivity contribution in [2.24, 2.45) is 0 Å². The number of amides is 1. The van der Waals surface area contributed by atoms with E-state index in [9.17, 15) is 14.3 Å². The van der Waals surface area contributed by atoms with Gasteiger partial charge in [-0.05, 0) is 25.8 Å². The zero-order chi connectivity index (χ0) is 22.2. The van der Waals surface area contributed by atoms with Gasteiger partial charge in [0.1, 0.15) is 29.7 Å². The summed E-state index contributed by atoms with van der Waals surface area (Å²) in [5.41, 5.74) is -0.231. The monoisotopic (exact) mass is 427 g/mol. The van der Waals surface area contributed by atoms with Crippen LogP contribution in [-0.4, -0.2) is 54.9 Å². The number of hydrogen-bond donors (Lipinski definition) is 2. The summed E-state index contributed by atoms with van der Waals surface area (Å²) in [6.07, 6.45) is 0.917. The molecule has 3 heterocycles. The Morgan fingerprint density at radius 2 is 2.03 bits per heavy atom. The number of carbonyl (C=O) groups excluding carboxylic acids is 1. The van der Waals surface area contributed by atoms with E-state index in [0.717, 1.165) is 5.56 Å². The van der Waals surface area contributed by atoms with Gasteiger partial charge >= 0.3 is 0 Å². The number of hydrogen-bond acceptors (Lipinski definition) is 6. The van der Waals surface area contributed by atoms with E-state index < -0.39 is 23.8 Å². The van der Waals surface area contributed by atoms with E-state index in [4.69, 9.17) is 0 Å². The molecule has 2 atom stereocenters. The van der Waals surface area contributed by atoms with E-state index >= 15 is 0 Å². The van der Waals surface area contributed by atoms with Gasteiger partial charge in [-0.1, -0.05) is 30.3 Å². The molecule has 0 radical (unpaired) electrons. The van der Waals surface area contributed by atoms with Crippen LogP contribution < -0.4 is 10.2 Å². The minimum absolute atomic E-state index is 0.0363. The second kappa shape index (κ2) is 8.10. The molecule has 1 aliphatic rings. The van der Waals surface area contributed by atoms with Crippen molar-refractivity contribution in [3.63, 3.8) is 0 Å². The van der Waals surface area contributed by atoms with Gasteiger partial charge in [0.15, 0.2) is 0 Å². The van der Waals surface area contributed by atoms with Crippen molar-refractivity contribution in [1.29, 1.82) is 0 Å². The molecule has 9 nitrogen and oxygen atoms in total. The largest absolute Gasteiger partial charge is 0.371 e. The number of nitrogens with one attached hydrogen (secondary N) is 1. The maximum Gasteiger partial charge on any atom is 0.291 e. The van der Waals surface area contributed by atoms with Gasteiger partial charge in [-0.2, -0.15) is 5.10 Å². The second-order valence-electron chi connectivity index (χ2n) is 8.23. The van der Waals surface area contributed by atoms with Gasteiger partial charge in [0, 0.05) is 19.7 Å². The van der Waals surface area contributed by atoms with Crippen LogP contribution in [0.2, 0.25) is 0 Å². The molecule has 1 aromatic carbocycles. The molecular formula is C21H26FN7O2. The van der Waals surface area contributed by atoms with Crippen molar-refractivity contribution in [3.05, 3.63) is 59.8 Å². The van der Waals surface area contributed by atoms with Crippen molar-refractivity contribution in [3.8, 4) is 0 Å². The molecule has 2 N–H and O–H groups in total. The highest BCUT2D eigenvalue weighted by Crippen LogP contribution is 2.30. The molecule has 164 valence electrons. The first-order valence-corrected chi connectivity index (χ1v) is 10.1. The van der Waals surface area contributed by atoms with Crippen molar-refractivity contribution < 1.29 is 14.3 Å². The SMILES string of the molecule is CN1c2cc(C(C)(C)F)nn2CCC(NC(=O)c2ncn(Cc3ccccc3)n2)C1O. The summed E-state index contributed by atoms with van der Waals surface area (Å²) in [5.74, 6) is 0.166. The predicted octanol–water partition coefficient (Wildman–Crippen LogP) is 1.68. The Bertz CT molecular complexity index is 1060. The average Bonchev–Trinajstić information content (AvgIpc) is 3.35. The van der Waals surface area contributed by atoms with Gasteiger partial charge in [0.25, 0.3) is 5.91 Å². The highest BCUT2D eigenvalue weighted by molar-refractivity contribution is 5.90. The Morgan fingerprint density at radius 3 is 2.74 bits per heavy atom. The maximum absolute atomic E-state index is 14.3. The number of benzene rings is 1. The number of halogens is 1. The fourth-order valence-electron chi connectivity index (χ4n) is 3.59. The number of likely N-dealkylation sites (N-methyl/N-ethyl adjacent to an activating group) is 1. The van der Waals surface area contributed by atoms with Gasteiger partial charge in [-0.25, -0.2) is 18.7 Å². The van der Waals surface area contributed by atoms with E-state index in [1.807, 2.05) is 30.3 Å². The number of aromatic nitrogens is 5. The summed E-state index contributed by atoms with van der Waals surface area (Å²) < 4.78 is 17.5. The van der Waals surface area contributed by atoms with E-state index in [2.05, 4.69) is 20.5 Å². The number of alkyl halides is 1. The van der Waals surface area contributed by atoms with Crippen LogP contribution in [0.15, 0.2) is 42.7 Å². The van der Waals surface area contributed by atoms with E-state index in [1.54, 1.807) is 27.4 Å². The van der Waals surface area contributed by atoms with Crippen molar-refractivity contribution in [2.75, 3.05) is 11.9 Å². The summed E-state index contributed by atoms with van der Waals surface area (Å²) in [6.45, 7) is 3.81. The summed E-state index contributed by atoms with van der Waals surface area (Å²) >= 11 is 0. The average molecular weight is 427 g/mol.